The van der Waals surface area contributed by atoms with Crippen molar-refractivity contribution in [3.63, 3.8) is 0 Å². The summed E-state index contributed by atoms with van der Waals surface area (Å²) in [5.41, 5.74) is 1.33. The zero-order valence-corrected chi connectivity index (χ0v) is 21.4. The SMILES string of the molecule is COc1ccc(-n2c(=O)n(C[C@H]3CC[C@H](NC(=O)c4cc(Cl)cnc4C(F)F)CC3)c3ccccc32)cn1. The van der Waals surface area contributed by atoms with Crippen molar-refractivity contribution in [1.82, 2.24) is 24.4 Å². The van der Waals surface area contributed by atoms with Gasteiger partial charge in [0.15, 0.2) is 0 Å². The van der Waals surface area contributed by atoms with E-state index in [4.69, 9.17) is 16.3 Å². The summed E-state index contributed by atoms with van der Waals surface area (Å²) in [6.07, 6.45) is 2.73. The van der Waals surface area contributed by atoms with Crippen molar-refractivity contribution >= 4 is 28.5 Å². The molecule has 4 aromatic rings. The average Bonchev–Trinajstić information content (AvgIpc) is 3.20. The third kappa shape index (κ3) is 5.13. The molecule has 1 N–H and O–H groups in total. The number of fused-ring (bicyclic) bond motifs is 1. The summed E-state index contributed by atoms with van der Waals surface area (Å²) in [5.74, 6) is 0.0798. The second kappa shape index (κ2) is 10.9. The molecule has 0 unspecified atom stereocenters. The molecule has 0 spiro atoms. The lowest BCUT2D eigenvalue weighted by molar-refractivity contribution is 0.0904. The number of carbonyl (C=O) groups excluding carboxylic acids is 1. The Bertz CT molecular complexity index is 1510. The Hall–Kier alpha value is -3.79. The van der Waals surface area contributed by atoms with Crippen LogP contribution in [0, 0.1) is 5.92 Å². The first-order chi connectivity index (χ1) is 18.4. The number of amides is 1. The van der Waals surface area contributed by atoms with E-state index < -0.39 is 18.0 Å². The molecule has 198 valence electrons. The van der Waals surface area contributed by atoms with Crippen molar-refractivity contribution in [2.24, 2.45) is 5.92 Å². The maximum absolute atomic E-state index is 13.5. The minimum atomic E-state index is -2.88. The summed E-state index contributed by atoms with van der Waals surface area (Å²) in [4.78, 5) is 34.1. The Kier molecular flexibility index (Phi) is 7.42. The van der Waals surface area contributed by atoms with E-state index in [1.54, 1.807) is 27.5 Å². The molecule has 5 rings (SSSR count). The lowest BCUT2D eigenvalue weighted by Gasteiger charge is -2.29. The first-order valence-electron chi connectivity index (χ1n) is 12.3. The van der Waals surface area contributed by atoms with Gasteiger partial charge >= 0.3 is 5.69 Å². The fourth-order valence-electron chi connectivity index (χ4n) is 5.08. The third-order valence-electron chi connectivity index (χ3n) is 6.98. The number of aromatic nitrogens is 4. The van der Waals surface area contributed by atoms with Crippen LogP contribution in [0.4, 0.5) is 8.78 Å². The van der Waals surface area contributed by atoms with E-state index in [1.165, 1.54) is 13.2 Å². The van der Waals surface area contributed by atoms with Crippen molar-refractivity contribution in [3.05, 3.63) is 81.6 Å². The number of nitrogens with zero attached hydrogens (tertiary/aromatic N) is 4. The summed E-state index contributed by atoms with van der Waals surface area (Å²) >= 11 is 5.89. The van der Waals surface area contributed by atoms with Gasteiger partial charge in [-0.3, -0.25) is 18.9 Å². The van der Waals surface area contributed by atoms with Gasteiger partial charge in [-0.15, -0.1) is 0 Å². The molecule has 1 aliphatic carbocycles. The Morgan fingerprint density at radius 1 is 1.11 bits per heavy atom. The molecule has 0 atom stereocenters. The number of imidazole rings is 1. The molecule has 3 aromatic heterocycles. The number of benzene rings is 1. The van der Waals surface area contributed by atoms with Gasteiger partial charge < -0.3 is 10.1 Å². The fourth-order valence-corrected chi connectivity index (χ4v) is 5.23. The number of carbonyl (C=O) groups is 1. The minimum absolute atomic E-state index is 0.123. The normalized spacial score (nSPS) is 17.6. The van der Waals surface area contributed by atoms with Crippen LogP contribution in [0.1, 0.15) is 48.2 Å². The number of hydrogen-bond acceptors (Lipinski definition) is 5. The molecule has 3 heterocycles. The van der Waals surface area contributed by atoms with E-state index in [0.717, 1.165) is 30.1 Å². The fraction of sp³-hybridized carbons (Fsp3) is 0.333. The van der Waals surface area contributed by atoms with Gasteiger partial charge in [-0.1, -0.05) is 23.7 Å². The molecule has 8 nitrogen and oxygen atoms in total. The van der Waals surface area contributed by atoms with Crippen molar-refractivity contribution in [3.8, 4) is 11.6 Å². The zero-order chi connectivity index (χ0) is 26.8. The van der Waals surface area contributed by atoms with Gasteiger partial charge in [0.1, 0.15) is 5.69 Å². The highest BCUT2D eigenvalue weighted by molar-refractivity contribution is 6.30. The smallest absolute Gasteiger partial charge is 0.333 e. The highest BCUT2D eigenvalue weighted by atomic mass is 35.5. The molecule has 0 bridgehead atoms. The van der Waals surface area contributed by atoms with Crippen LogP contribution in [0.25, 0.3) is 16.7 Å². The van der Waals surface area contributed by atoms with Gasteiger partial charge in [0, 0.05) is 24.8 Å². The van der Waals surface area contributed by atoms with Crippen LogP contribution in [-0.4, -0.2) is 38.2 Å². The van der Waals surface area contributed by atoms with Crippen LogP contribution >= 0.6 is 11.6 Å². The van der Waals surface area contributed by atoms with Gasteiger partial charge in [-0.25, -0.2) is 18.6 Å². The van der Waals surface area contributed by atoms with Gasteiger partial charge in [0.25, 0.3) is 12.3 Å². The average molecular weight is 542 g/mol. The number of ether oxygens (including phenoxy) is 1. The quantitative estimate of drug-likeness (QED) is 0.348. The monoisotopic (exact) mass is 541 g/mol. The number of rotatable bonds is 7. The number of nitrogens with one attached hydrogen (secondary N) is 1. The first kappa shape index (κ1) is 25.8. The summed E-state index contributed by atoms with van der Waals surface area (Å²) in [6, 6.07) is 12.2. The van der Waals surface area contributed by atoms with Gasteiger partial charge in [0.05, 0.1) is 40.6 Å². The number of para-hydroxylation sites is 2. The highest BCUT2D eigenvalue weighted by Gasteiger charge is 2.27. The summed E-state index contributed by atoms with van der Waals surface area (Å²) in [7, 11) is 1.54. The minimum Gasteiger partial charge on any atom is -0.481 e. The van der Waals surface area contributed by atoms with Crippen LogP contribution in [0.15, 0.2) is 59.7 Å². The number of alkyl halides is 2. The molecular weight excluding hydrogens is 516 g/mol. The Morgan fingerprint density at radius 2 is 1.84 bits per heavy atom. The number of pyridine rings is 2. The maximum atomic E-state index is 13.5. The van der Waals surface area contributed by atoms with E-state index in [1.807, 2.05) is 24.3 Å². The highest BCUT2D eigenvalue weighted by Crippen LogP contribution is 2.29. The van der Waals surface area contributed by atoms with Crippen LogP contribution in [0.2, 0.25) is 5.02 Å². The lowest BCUT2D eigenvalue weighted by atomic mass is 9.85. The van der Waals surface area contributed by atoms with Crippen molar-refractivity contribution in [2.45, 2.75) is 44.7 Å². The molecule has 1 fully saturated rings. The second-order valence-corrected chi connectivity index (χ2v) is 9.79. The molecule has 1 amide bonds. The van der Waals surface area contributed by atoms with Crippen LogP contribution in [0.3, 0.4) is 0 Å². The van der Waals surface area contributed by atoms with Crippen LogP contribution in [0.5, 0.6) is 5.88 Å². The lowest BCUT2D eigenvalue weighted by Crippen LogP contribution is -2.39. The van der Waals surface area contributed by atoms with Crippen molar-refractivity contribution < 1.29 is 18.3 Å². The largest absolute Gasteiger partial charge is 0.481 e. The molecule has 0 radical (unpaired) electrons. The van der Waals surface area contributed by atoms with E-state index in [-0.39, 0.29) is 28.2 Å². The molecular formula is C27H26ClF2N5O3. The maximum Gasteiger partial charge on any atom is 0.333 e. The molecule has 1 aromatic carbocycles. The molecule has 1 aliphatic rings. The first-order valence-corrected chi connectivity index (χ1v) is 12.7. The van der Waals surface area contributed by atoms with Crippen molar-refractivity contribution in [1.29, 1.82) is 0 Å². The van der Waals surface area contributed by atoms with Crippen molar-refractivity contribution in [2.75, 3.05) is 7.11 Å². The van der Waals surface area contributed by atoms with Gasteiger partial charge in [0.2, 0.25) is 5.88 Å². The van der Waals surface area contributed by atoms with E-state index >= 15 is 0 Å². The number of halogens is 3. The molecule has 11 heteroatoms. The van der Waals surface area contributed by atoms with E-state index in [9.17, 15) is 18.4 Å². The van der Waals surface area contributed by atoms with E-state index in [0.29, 0.717) is 31.0 Å². The van der Waals surface area contributed by atoms with Crippen LogP contribution in [-0.2, 0) is 6.54 Å². The van der Waals surface area contributed by atoms with Gasteiger partial charge in [-0.2, -0.15) is 0 Å². The Balaban J connectivity index is 1.30. The van der Waals surface area contributed by atoms with Gasteiger partial charge in [-0.05, 0) is 55.9 Å². The molecule has 0 aliphatic heterocycles. The zero-order valence-electron chi connectivity index (χ0n) is 20.6. The van der Waals surface area contributed by atoms with E-state index in [2.05, 4.69) is 15.3 Å². The second-order valence-electron chi connectivity index (χ2n) is 9.35. The summed E-state index contributed by atoms with van der Waals surface area (Å²) < 4.78 is 35.2. The summed E-state index contributed by atoms with van der Waals surface area (Å²) in [5, 5.41) is 2.98. The third-order valence-corrected chi connectivity index (χ3v) is 7.19. The molecule has 0 saturated heterocycles. The number of methoxy groups -OCH3 is 1. The number of hydrogen-bond donors (Lipinski definition) is 1. The topological polar surface area (TPSA) is 91.0 Å². The molecule has 1 saturated carbocycles. The standard InChI is InChI=1S/C27H26ClF2N5O3/c1-38-23-11-10-19(14-31-23)35-22-5-3-2-4-21(22)34(27(35)37)15-16-6-8-18(9-7-16)33-26(36)20-12-17(28)13-32-24(20)25(29)30/h2-5,10-14,16,18,25H,6-9,15H2,1H3,(H,33,36)/t16-,18-. The predicted octanol–water partition coefficient (Wildman–Crippen LogP) is 5.17. The molecule has 38 heavy (non-hydrogen) atoms. The predicted molar refractivity (Wildman–Crippen MR) is 139 cm³/mol. The van der Waals surface area contributed by atoms with Crippen LogP contribution < -0.4 is 15.7 Å². The summed E-state index contributed by atoms with van der Waals surface area (Å²) in [6.45, 7) is 0.532. The Morgan fingerprint density at radius 3 is 2.50 bits per heavy atom. The Labute approximate surface area is 222 Å².